The van der Waals surface area contributed by atoms with E-state index >= 15 is 0 Å². The van der Waals surface area contributed by atoms with Crippen LogP contribution in [-0.4, -0.2) is 48.2 Å². The quantitative estimate of drug-likeness (QED) is 0.423. The van der Waals surface area contributed by atoms with Gasteiger partial charge in [0.2, 0.25) is 11.8 Å². The van der Waals surface area contributed by atoms with Gasteiger partial charge in [0.25, 0.3) is 0 Å². The molecule has 1 atom stereocenters. The summed E-state index contributed by atoms with van der Waals surface area (Å²) < 4.78 is 5.84. The van der Waals surface area contributed by atoms with E-state index in [9.17, 15) is 14.4 Å². The van der Waals surface area contributed by atoms with Crippen LogP contribution in [0.1, 0.15) is 74.2 Å². The highest BCUT2D eigenvalue weighted by atomic mass is 16.5. The van der Waals surface area contributed by atoms with Crippen molar-refractivity contribution in [1.82, 2.24) is 10.2 Å². The van der Waals surface area contributed by atoms with Gasteiger partial charge in [-0.3, -0.25) is 19.3 Å². The molecule has 162 valence electrons. The predicted molar refractivity (Wildman–Crippen MR) is 114 cm³/mol. The summed E-state index contributed by atoms with van der Waals surface area (Å²) >= 11 is 0. The van der Waals surface area contributed by atoms with Gasteiger partial charge in [-0.25, -0.2) is 0 Å². The summed E-state index contributed by atoms with van der Waals surface area (Å²) in [5.41, 5.74) is 1.70. The zero-order chi connectivity index (χ0) is 21.1. The van der Waals surface area contributed by atoms with Crippen molar-refractivity contribution < 1.29 is 19.1 Å². The molecule has 0 radical (unpaired) electrons. The maximum atomic E-state index is 12.5. The van der Waals surface area contributed by atoms with Crippen molar-refractivity contribution in [2.24, 2.45) is 5.41 Å². The molecule has 0 bridgehead atoms. The molecule has 6 heteroatoms. The fraction of sp³-hybridized carbons (Fsp3) is 0.625. The Kier molecular flexibility index (Phi) is 6.23. The van der Waals surface area contributed by atoms with E-state index in [0.717, 1.165) is 68.4 Å². The van der Waals surface area contributed by atoms with Gasteiger partial charge in [-0.1, -0.05) is 25.0 Å². The molecule has 4 rings (SSSR count). The second-order valence-corrected chi connectivity index (χ2v) is 9.21. The van der Waals surface area contributed by atoms with Crippen molar-refractivity contribution in [1.29, 1.82) is 0 Å². The number of nitrogens with one attached hydrogen (secondary N) is 1. The van der Waals surface area contributed by atoms with Crippen molar-refractivity contribution in [3.8, 4) is 5.75 Å². The highest BCUT2D eigenvalue weighted by Crippen LogP contribution is 2.46. The summed E-state index contributed by atoms with van der Waals surface area (Å²) in [5.74, 6) is 0.916. The van der Waals surface area contributed by atoms with Crippen LogP contribution < -0.4 is 10.1 Å². The molecule has 1 N–H and O–H groups in total. The standard InChI is InChI=1S/C24H32N2O4/c1-17(27)19-7-6-8-21-20(19)13-18(16-30-21)25-11-4-5-12-26-22(28)14-24(15-23(26)29)9-2-3-10-24/h6-8,18,25H,2-5,9-16H2,1H3/t18-/m0/s1. The van der Waals surface area contributed by atoms with Crippen molar-refractivity contribution in [3.05, 3.63) is 29.3 Å². The summed E-state index contributed by atoms with van der Waals surface area (Å²) in [6, 6.07) is 5.80. The minimum atomic E-state index is -0.0256. The smallest absolute Gasteiger partial charge is 0.229 e. The lowest BCUT2D eigenvalue weighted by atomic mass is 9.76. The summed E-state index contributed by atoms with van der Waals surface area (Å²) in [6.07, 6.45) is 7.92. The molecular weight excluding hydrogens is 380 g/mol. The summed E-state index contributed by atoms with van der Waals surface area (Å²) in [4.78, 5) is 38.4. The zero-order valence-electron chi connectivity index (χ0n) is 17.9. The second kappa shape index (κ2) is 8.88. The van der Waals surface area contributed by atoms with E-state index in [1.807, 2.05) is 18.2 Å². The number of likely N-dealkylation sites (tertiary alicyclic amines) is 1. The number of nitrogens with zero attached hydrogens (tertiary/aromatic N) is 1. The lowest BCUT2D eigenvalue weighted by Crippen LogP contribution is -2.47. The zero-order valence-corrected chi connectivity index (χ0v) is 17.9. The third kappa shape index (κ3) is 4.43. The average molecular weight is 413 g/mol. The molecule has 1 aliphatic carbocycles. The molecule has 1 spiro atoms. The molecule has 1 saturated heterocycles. The molecule has 0 aromatic heterocycles. The number of imide groups is 1. The van der Waals surface area contributed by atoms with Crippen LogP contribution in [-0.2, 0) is 16.0 Å². The molecule has 3 aliphatic rings. The third-order valence-electron chi connectivity index (χ3n) is 6.96. The lowest BCUT2D eigenvalue weighted by Gasteiger charge is -2.37. The third-order valence-corrected chi connectivity index (χ3v) is 6.96. The molecule has 2 amide bonds. The van der Waals surface area contributed by atoms with Gasteiger partial charge in [-0.2, -0.15) is 0 Å². The minimum absolute atomic E-state index is 0.0233. The van der Waals surface area contributed by atoms with E-state index in [1.165, 1.54) is 4.90 Å². The molecule has 1 aromatic rings. The topological polar surface area (TPSA) is 75.7 Å². The Morgan fingerprint density at radius 1 is 1.17 bits per heavy atom. The van der Waals surface area contributed by atoms with Crippen molar-refractivity contribution in [2.45, 2.75) is 70.8 Å². The number of Topliss-reactive ketones (excluding diaryl/α,β-unsaturated/α-hetero) is 1. The number of unbranched alkanes of at least 4 members (excludes halogenated alkanes) is 1. The predicted octanol–water partition coefficient (Wildman–Crippen LogP) is 3.27. The van der Waals surface area contributed by atoms with Crippen LogP contribution >= 0.6 is 0 Å². The number of amides is 2. The van der Waals surface area contributed by atoms with Crippen molar-refractivity contribution in [3.63, 3.8) is 0 Å². The number of rotatable bonds is 7. The number of carbonyl (C=O) groups excluding carboxylic acids is 3. The van der Waals surface area contributed by atoms with E-state index < -0.39 is 0 Å². The van der Waals surface area contributed by atoms with Gasteiger partial charge < -0.3 is 10.1 Å². The Morgan fingerprint density at radius 2 is 1.90 bits per heavy atom. The van der Waals surface area contributed by atoms with Gasteiger partial charge in [0.1, 0.15) is 12.4 Å². The normalized spacial score (nSPS) is 22.8. The fourth-order valence-electron chi connectivity index (χ4n) is 5.33. The average Bonchev–Trinajstić information content (AvgIpc) is 3.16. The molecule has 2 fully saturated rings. The summed E-state index contributed by atoms with van der Waals surface area (Å²) in [6.45, 7) is 3.49. The van der Waals surface area contributed by atoms with Gasteiger partial charge in [-0.15, -0.1) is 0 Å². The first kappa shape index (κ1) is 21.0. The lowest BCUT2D eigenvalue weighted by molar-refractivity contribution is -0.153. The number of carbonyl (C=O) groups is 3. The monoisotopic (exact) mass is 412 g/mol. The molecule has 0 unspecified atom stereocenters. The molecule has 1 aromatic carbocycles. The Bertz CT molecular complexity index is 808. The SMILES string of the molecule is CC(=O)c1cccc2c1C[C@H](NCCCCN1C(=O)CC3(CCCC3)CC1=O)CO2. The van der Waals surface area contributed by atoms with E-state index in [1.54, 1.807) is 6.92 Å². The van der Waals surface area contributed by atoms with Crippen LogP contribution in [0.5, 0.6) is 5.75 Å². The number of piperidine rings is 1. The Morgan fingerprint density at radius 3 is 2.60 bits per heavy atom. The van der Waals surface area contributed by atoms with Gasteiger partial charge in [0.05, 0.1) is 0 Å². The highest BCUT2D eigenvalue weighted by Gasteiger charge is 2.44. The van der Waals surface area contributed by atoms with Gasteiger partial charge in [0, 0.05) is 36.6 Å². The first-order valence-corrected chi connectivity index (χ1v) is 11.3. The number of hydrogen-bond acceptors (Lipinski definition) is 5. The van der Waals surface area contributed by atoms with E-state index in [0.29, 0.717) is 26.0 Å². The first-order valence-electron chi connectivity index (χ1n) is 11.3. The van der Waals surface area contributed by atoms with E-state index in [2.05, 4.69) is 5.32 Å². The van der Waals surface area contributed by atoms with Crippen molar-refractivity contribution in [2.75, 3.05) is 19.7 Å². The molecule has 6 nitrogen and oxygen atoms in total. The molecule has 2 aliphatic heterocycles. The summed E-state index contributed by atoms with van der Waals surface area (Å²) in [5, 5.41) is 3.50. The number of benzene rings is 1. The molecular formula is C24H32N2O4. The highest BCUT2D eigenvalue weighted by molar-refractivity contribution is 5.98. The first-order chi connectivity index (χ1) is 14.5. The Hall–Kier alpha value is -2.21. The Labute approximate surface area is 178 Å². The van der Waals surface area contributed by atoms with Gasteiger partial charge in [-0.05, 0) is 57.1 Å². The number of ether oxygens (including phenoxy) is 1. The van der Waals surface area contributed by atoms with E-state index in [4.69, 9.17) is 4.74 Å². The molecule has 2 heterocycles. The molecule has 30 heavy (non-hydrogen) atoms. The van der Waals surface area contributed by atoms with Gasteiger partial charge in [0.15, 0.2) is 5.78 Å². The van der Waals surface area contributed by atoms with E-state index in [-0.39, 0.29) is 29.1 Å². The fourth-order valence-corrected chi connectivity index (χ4v) is 5.33. The van der Waals surface area contributed by atoms with Crippen LogP contribution in [0.2, 0.25) is 0 Å². The molecule has 1 saturated carbocycles. The number of hydrogen-bond donors (Lipinski definition) is 1. The van der Waals surface area contributed by atoms with Crippen LogP contribution in [0.15, 0.2) is 18.2 Å². The van der Waals surface area contributed by atoms with Gasteiger partial charge >= 0.3 is 0 Å². The minimum Gasteiger partial charge on any atom is -0.492 e. The number of fused-ring (bicyclic) bond motifs is 1. The van der Waals surface area contributed by atoms with Crippen LogP contribution in [0.3, 0.4) is 0 Å². The van der Waals surface area contributed by atoms with Crippen LogP contribution in [0, 0.1) is 5.41 Å². The second-order valence-electron chi connectivity index (χ2n) is 9.21. The van der Waals surface area contributed by atoms with Crippen molar-refractivity contribution >= 4 is 17.6 Å². The number of ketones is 1. The maximum absolute atomic E-state index is 12.5. The summed E-state index contributed by atoms with van der Waals surface area (Å²) in [7, 11) is 0. The Balaban J connectivity index is 1.21. The maximum Gasteiger partial charge on any atom is 0.229 e. The van der Waals surface area contributed by atoms with Crippen LogP contribution in [0.4, 0.5) is 0 Å². The largest absolute Gasteiger partial charge is 0.492 e. The van der Waals surface area contributed by atoms with Crippen LogP contribution in [0.25, 0.3) is 0 Å².